The molecule has 0 heterocycles. The molecule has 122 valence electrons. The number of nitro groups is 2. The van der Waals surface area contributed by atoms with Gasteiger partial charge in [0.05, 0.1) is 9.85 Å². The van der Waals surface area contributed by atoms with Crippen LogP contribution in [0.15, 0.2) is 48.5 Å². The van der Waals surface area contributed by atoms with E-state index in [1.165, 1.54) is 36.4 Å². The smallest absolute Gasteiger partial charge is 0.270 e. The molecule has 0 spiro atoms. The van der Waals surface area contributed by atoms with Crippen molar-refractivity contribution in [2.24, 2.45) is 0 Å². The van der Waals surface area contributed by atoms with E-state index >= 15 is 0 Å². The van der Waals surface area contributed by atoms with Crippen LogP contribution in [0.2, 0.25) is 0 Å². The predicted molar refractivity (Wildman–Crippen MR) is 90.0 cm³/mol. The maximum atomic E-state index is 12.0. The first-order chi connectivity index (χ1) is 11.4. The molecule has 8 nitrogen and oxygen atoms in total. The third-order valence-electron chi connectivity index (χ3n) is 2.78. The van der Waals surface area contributed by atoms with Crippen LogP contribution in [0.1, 0.15) is 20.7 Å². The van der Waals surface area contributed by atoms with Crippen LogP contribution in [0.4, 0.5) is 11.4 Å². The molecule has 0 aromatic heterocycles. The molecule has 0 fully saturated rings. The lowest BCUT2D eigenvalue weighted by Crippen LogP contribution is -1.97. The minimum absolute atomic E-state index is 0.0912. The van der Waals surface area contributed by atoms with Crippen LogP contribution in [0.5, 0.6) is 0 Å². The standard InChI is InChI=1S/C14H8N2O6S2/c17-13(9-3-1-5-11(7-9)15(19)20)23-24-14(18)10-4-2-6-12(8-10)16(21)22/h1-8H. The lowest BCUT2D eigenvalue weighted by molar-refractivity contribution is -0.385. The van der Waals surface area contributed by atoms with E-state index in [1.807, 2.05) is 0 Å². The monoisotopic (exact) mass is 364 g/mol. The molecule has 0 aliphatic heterocycles. The first-order valence-electron chi connectivity index (χ1n) is 6.30. The minimum atomic E-state index is -0.622. The van der Waals surface area contributed by atoms with Crippen molar-refractivity contribution in [1.29, 1.82) is 0 Å². The Labute approximate surface area is 142 Å². The first-order valence-corrected chi connectivity index (χ1v) is 8.45. The molecular formula is C14H8N2O6S2. The fraction of sp³-hybridized carbons (Fsp3) is 0. The molecule has 0 atom stereocenters. The molecule has 10 heteroatoms. The van der Waals surface area contributed by atoms with E-state index in [2.05, 4.69) is 0 Å². The molecule has 0 aliphatic rings. The zero-order chi connectivity index (χ0) is 17.7. The fourth-order valence-electron chi connectivity index (χ4n) is 1.66. The summed E-state index contributed by atoms with van der Waals surface area (Å²) in [5, 5.41) is 20.3. The number of non-ortho nitro benzene ring substituents is 2. The number of rotatable bonds is 4. The van der Waals surface area contributed by atoms with E-state index in [0.29, 0.717) is 21.6 Å². The maximum absolute atomic E-state index is 12.0. The Kier molecular flexibility index (Phi) is 5.66. The van der Waals surface area contributed by atoms with Gasteiger partial charge in [0.15, 0.2) is 0 Å². The molecule has 0 N–H and O–H groups in total. The Balaban J connectivity index is 2.05. The van der Waals surface area contributed by atoms with Crippen molar-refractivity contribution >= 4 is 43.2 Å². The highest BCUT2D eigenvalue weighted by molar-refractivity contribution is 8.87. The molecule has 2 aromatic carbocycles. The van der Waals surface area contributed by atoms with Gasteiger partial charge in [-0.2, -0.15) is 0 Å². The molecule has 0 radical (unpaired) electrons. The first kappa shape index (κ1) is 17.6. The van der Waals surface area contributed by atoms with Gasteiger partial charge in [-0.3, -0.25) is 29.8 Å². The van der Waals surface area contributed by atoms with Crippen LogP contribution < -0.4 is 0 Å². The quantitative estimate of drug-likeness (QED) is 0.455. The molecule has 0 bridgehead atoms. The lowest BCUT2D eigenvalue weighted by Gasteiger charge is -2.01. The van der Waals surface area contributed by atoms with Gasteiger partial charge in [-0.15, -0.1) is 0 Å². The van der Waals surface area contributed by atoms with Gasteiger partial charge in [-0.05, 0) is 33.7 Å². The Morgan fingerprint density at radius 1 is 0.750 bits per heavy atom. The average molecular weight is 364 g/mol. The van der Waals surface area contributed by atoms with Gasteiger partial charge in [-0.1, -0.05) is 12.1 Å². The van der Waals surface area contributed by atoms with Gasteiger partial charge in [0.1, 0.15) is 0 Å². The molecule has 0 saturated heterocycles. The van der Waals surface area contributed by atoms with E-state index < -0.39 is 20.1 Å². The molecule has 0 amide bonds. The van der Waals surface area contributed by atoms with E-state index in [-0.39, 0.29) is 22.5 Å². The highest BCUT2D eigenvalue weighted by atomic mass is 33.1. The Hall–Kier alpha value is -2.72. The Morgan fingerprint density at radius 3 is 1.46 bits per heavy atom. The van der Waals surface area contributed by atoms with Crippen LogP contribution in [-0.4, -0.2) is 20.1 Å². The molecule has 0 aliphatic carbocycles. The second-order valence-electron chi connectivity index (χ2n) is 4.36. The van der Waals surface area contributed by atoms with Crippen LogP contribution in [0, 0.1) is 20.2 Å². The second-order valence-corrected chi connectivity index (χ2v) is 6.43. The van der Waals surface area contributed by atoms with E-state index in [4.69, 9.17) is 0 Å². The van der Waals surface area contributed by atoms with E-state index in [0.717, 1.165) is 12.1 Å². The summed E-state index contributed by atoms with van der Waals surface area (Å²) in [6.07, 6.45) is 0. The normalized spacial score (nSPS) is 10.2. The fourth-order valence-corrected chi connectivity index (χ4v) is 3.29. The summed E-state index contributed by atoms with van der Waals surface area (Å²) >= 11 is 0. The maximum Gasteiger partial charge on any atom is 0.270 e. The molecular weight excluding hydrogens is 356 g/mol. The summed E-state index contributed by atoms with van der Waals surface area (Å²) in [5.41, 5.74) is -0.269. The van der Waals surface area contributed by atoms with E-state index in [9.17, 15) is 29.8 Å². The Morgan fingerprint density at radius 2 is 1.12 bits per heavy atom. The highest BCUT2D eigenvalue weighted by Gasteiger charge is 2.17. The Bertz CT molecular complexity index is 770. The van der Waals surface area contributed by atoms with Gasteiger partial charge in [0, 0.05) is 35.4 Å². The summed E-state index contributed by atoms with van der Waals surface area (Å²) < 4.78 is 0. The third-order valence-corrected chi connectivity index (χ3v) is 4.79. The van der Waals surface area contributed by atoms with Crippen molar-refractivity contribution in [3.63, 3.8) is 0 Å². The molecule has 24 heavy (non-hydrogen) atoms. The number of nitrogens with zero attached hydrogens (tertiary/aromatic N) is 2. The van der Waals surface area contributed by atoms with Crippen molar-refractivity contribution in [1.82, 2.24) is 0 Å². The third kappa shape index (κ3) is 4.40. The SMILES string of the molecule is O=C(SSC(=O)c1cccc([N+](=O)[O-])c1)c1cccc([N+](=O)[O-])c1. The number of hydrogen-bond donors (Lipinski definition) is 0. The largest absolute Gasteiger partial charge is 0.281 e. The van der Waals surface area contributed by atoms with E-state index in [1.54, 1.807) is 0 Å². The number of carbonyl (C=O) groups is 2. The van der Waals surface area contributed by atoms with Gasteiger partial charge < -0.3 is 0 Å². The van der Waals surface area contributed by atoms with Crippen molar-refractivity contribution in [3.8, 4) is 0 Å². The van der Waals surface area contributed by atoms with Crippen molar-refractivity contribution in [2.75, 3.05) is 0 Å². The van der Waals surface area contributed by atoms with Crippen LogP contribution in [-0.2, 0) is 0 Å². The van der Waals surface area contributed by atoms with Crippen LogP contribution >= 0.6 is 21.6 Å². The lowest BCUT2D eigenvalue weighted by atomic mass is 10.2. The average Bonchev–Trinajstić information content (AvgIpc) is 2.59. The molecule has 2 aromatic rings. The van der Waals surface area contributed by atoms with Crippen LogP contribution in [0.25, 0.3) is 0 Å². The number of hydrogen-bond acceptors (Lipinski definition) is 8. The predicted octanol–water partition coefficient (Wildman–Crippen LogP) is 3.87. The number of benzene rings is 2. The molecule has 2 rings (SSSR count). The van der Waals surface area contributed by atoms with Crippen molar-refractivity contribution < 1.29 is 19.4 Å². The van der Waals surface area contributed by atoms with Gasteiger partial charge >= 0.3 is 0 Å². The van der Waals surface area contributed by atoms with Gasteiger partial charge in [0.25, 0.3) is 11.4 Å². The second kappa shape index (κ2) is 7.70. The summed E-state index contributed by atoms with van der Waals surface area (Å²) in [6, 6.07) is 10.3. The molecule has 0 saturated carbocycles. The van der Waals surface area contributed by atoms with Crippen molar-refractivity contribution in [3.05, 3.63) is 79.9 Å². The zero-order valence-electron chi connectivity index (χ0n) is 11.8. The molecule has 0 unspecified atom stereocenters. The summed E-state index contributed by atoms with van der Waals surface area (Å²) in [7, 11) is 1.21. The zero-order valence-corrected chi connectivity index (χ0v) is 13.4. The van der Waals surface area contributed by atoms with Crippen molar-refractivity contribution in [2.45, 2.75) is 0 Å². The number of carbonyl (C=O) groups excluding carboxylic acids is 2. The van der Waals surface area contributed by atoms with Crippen LogP contribution in [0.3, 0.4) is 0 Å². The summed E-state index contributed by atoms with van der Waals surface area (Å²) in [6.45, 7) is 0. The summed E-state index contributed by atoms with van der Waals surface area (Å²) in [5.74, 6) is 0. The van der Waals surface area contributed by atoms with Gasteiger partial charge in [0.2, 0.25) is 10.2 Å². The minimum Gasteiger partial charge on any atom is -0.281 e. The number of nitro benzene ring substituents is 2. The topological polar surface area (TPSA) is 120 Å². The summed E-state index contributed by atoms with van der Waals surface area (Å²) in [4.78, 5) is 44.1. The van der Waals surface area contributed by atoms with Gasteiger partial charge in [-0.25, -0.2) is 0 Å². The highest BCUT2D eigenvalue weighted by Crippen LogP contribution is 2.31.